The third-order valence-corrected chi connectivity index (χ3v) is 1.70. The zero-order valence-electron chi connectivity index (χ0n) is 8.73. The average molecular weight is 207 g/mol. The van der Waals surface area contributed by atoms with Crippen LogP contribution < -0.4 is 5.73 Å². The summed E-state index contributed by atoms with van der Waals surface area (Å²) in [6.07, 6.45) is 2.73. The number of esters is 1. The minimum atomic E-state index is -0.509. The Morgan fingerprint density at radius 1 is 1.67 bits per heavy atom. The number of carbonyl (C=O) groups excluding carboxylic acids is 1. The normalized spacial score (nSPS) is 11.2. The van der Waals surface area contributed by atoms with Gasteiger partial charge in [-0.3, -0.25) is 0 Å². The van der Waals surface area contributed by atoms with Gasteiger partial charge in [0.2, 0.25) is 0 Å². The van der Waals surface area contributed by atoms with E-state index >= 15 is 0 Å². The van der Waals surface area contributed by atoms with Crippen LogP contribution in [0.2, 0.25) is 0 Å². The summed E-state index contributed by atoms with van der Waals surface area (Å²) in [5.41, 5.74) is 6.29. The first-order chi connectivity index (χ1) is 7.19. The van der Waals surface area contributed by atoms with Gasteiger partial charge < -0.3 is 10.5 Å². The Hall–Kier alpha value is -1.91. The Morgan fingerprint density at radius 2 is 2.40 bits per heavy atom. The predicted octanol–water partition coefficient (Wildman–Crippen LogP) is 0.648. The van der Waals surface area contributed by atoms with Crippen molar-refractivity contribution < 1.29 is 9.53 Å². The van der Waals surface area contributed by atoms with Gasteiger partial charge in [0.05, 0.1) is 6.61 Å². The van der Waals surface area contributed by atoms with Crippen LogP contribution in [0.5, 0.6) is 0 Å². The molecular formula is C10H13N3O2. The molecule has 0 fully saturated rings. The van der Waals surface area contributed by atoms with Crippen molar-refractivity contribution >= 4 is 11.5 Å². The van der Waals surface area contributed by atoms with E-state index in [-0.39, 0.29) is 11.4 Å². The van der Waals surface area contributed by atoms with E-state index in [0.29, 0.717) is 6.61 Å². The van der Waals surface area contributed by atoms with Crippen LogP contribution >= 0.6 is 0 Å². The monoisotopic (exact) mass is 207 g/mol. The molecule has 0 unspecified atom stereocenters. The van der Waals surface area contributed by atoms with Gasteiger partial charge in [-0.15, -0.1) is 0 Å². The maximum Gasteiger partial charge on any atom is 0.343 e. The van der Waals surface area contributed by atoms with E-state index in [1.807, 2.05) is 6.92 Å². The molecule has 0 saturated carbocycles. The van der Waals surface area contributed by atoms with Crippen LogP contribution in [0.15, 0.2) is 18.5 Å². The lowest BCUT2D eigenvalue weighted by atomic mass is 10.2. The summed E-state index contributed by atoms with van der Waals surface area (Å²) in [6.45, 7) is 3.83. The van der Waals surface area contributed by atoms with Crippen molar-refractivity contribution in [1.82, 2.24) is 9.97 Å². The van der Waals surface area contributed by atoms with Gasteiger partial charge in [-0.05, 0) is 19.9 Å². The van der Waals surface area contributed by atoms with Gasteiger partial charge >= 0.3 is 5.97 Å². The number of ether oxygens (including phenoxy) is 1. The Kier molecular flexibility index (Phi) is 3.79. The topological polar surface area (TPSA) is 78.1 Å². The average Bonchev–Trinajstić information content (AvgIpc) is 2.19. The van der Waals surface area contributed by atoms with Gasteiger partial charge in [-0.1, -0.05) is 0 Å². The van der Waals surface area contributed by atoms with Crippen LogP contribution in [0, 0.1) is 6.92 Å². The molecule has 0 atom stereocenters. The zero-order chi connectivity index (χ0) is 11.3. The minimum Gasteiger partial charge on any atom is -0.462 e. The summed E-state index contributed by atoms with van der Waals surface area (Å²) in [5, 5.41) is 0. The highest BCUT2D eigenvalue weighted by molar-refractivity contribution is 6.15. The fourth-order valence-corrected chi connectivity index (χ4v) is 1.02. The summed E-state index contributed by atoms with van der Waals surface area (Å²) in [4.78, 5) is 19.5. The van der Waals surface area contributed by atoms with E-state index in [0.717, 1.165) is 11.9 Å². The van der Waals surface area contributed by atoms with Gasteiger partial charge in [0, 0.05) is 18.1 Å². The molecule has 1 rings (SSSR count). The van der Waals surface area contributed by atoms with E-state index in [9.17, 15) is 4.79 Å². The second-order valence-electron chi connectivity index (χ2n) is 2.82. The molecule has 5 nitrogen and oxygen atoms in total. The first-order valence-electron chi connectivity index (χ1n) is 4.58. The number of hydrogen-bond acceptors (Lipinski definition) is 5. The lowest BCUT2D eigenvalue weighted by molar-refractivity contribution is -0.136. The van der Waals surface area contributed by atoms with Gasteiger partial charge in [0.1, 0.15) is 5.57 Å². The van der Waals surface area contributed by atoms with Crippen LogP contribution in [0.1, 0.15) is 18.4 Å². The molecule has 0 aliphatic rings. The molecule has 1 aromatic heterocycles. The van der Waals surface area contributed by atoms with Crippen molar-refractivity contribution in [2.75, 3.05) is 6.61 Å². The Labute approximate surface area is 88.0 Å². The van der Waals surface area contributed by atoms with Crippen LogP contribution in [-0.4, -0.2) is 22.5 Å². The van der Waals surface area contributed by atoms with Gasteiger partial charge in [-0.25, -0.2) is 14.8 Å². The molecule has 1 aromatic rings. The number of nitrogens with zero attached hydrogens (tertiary/aromatic N) is 2. The molecule has 0 spiro atoms. The zero-order valence-corrected chi connectivity index (χ0v) is 8.73. The van der Waals surface area contributed by atoms with E-state index in [1.165, 1.54) is 0 Å². The summed E-state index contributed by atoms with van der Waals surface area (Å²) < 4.78 is 4.82. The molecule has 0 aliphatic carbocycles. The van der Waals surface area contributed by atoms with Crippen LogP contribution in [-0.2, 0) is 9.53 Å². The fraction of sp³-hybridized carbons (Fsp3) is 0.300. The van der Waals surface area contributed by atoms with Crippen LogP contribution in [0.4, 0.5) is 0 Å². The van der Waals surface area contributed by atoms with Crippen LogP contribution in [0.3, 0.4) is 0 Å². The molecule has 80 valence electrons. The smallest absolute Gasteiger partial charge is 0.343 e. The van der Waals surface area contributed by atoms with Gasteiger partial charge in [0.25, 0.3) is 0 Å². The standard InChI is InChI=1S/C10H13N3O2/c1-3-15-10(14)8(6-11)9-12-5-4-7(2)13-9/h4-6H,3,11H2,1-2H3. The first-order valence-corrected chi connectivity index (χ1v) is 4.58. The number of nitrogens with two attached hydrogens (primary N) is 1. The molecule has 0 amide bonds. The van der Waals surface area contributed by atoms with E-state index in [4.69, 9.17) is 10.5 Å². The number of rotatable bonds is 3. The molecule has 2 N–H and O–H groups in total. The fourth-order valence-electron chi connectivity index (χ4n) is 1.02. The highest BCUT2D eigenvalue weighted by atomic mass is 16.5. The molecule has 0 saturated heterocycles. The highest BCUT2D eigenvalue weighted by Gasteiger charge is 2.15. The third-order valence-electron chi connectivity index (χ3n) is 1.70. The largest absolute Gasteiger partial charge is 0.462 e. The number of aryl methyl sites for hydroxylation is 1. The summed E-state index contributed by atoms with van der Waals surface area (Å²) >= 11 is 0. The summed E-state index contributed by atoms with van der Waals surface area (Å²) in [7, 11) is 0. The third kappa shape index (κ3) is 2.77. The molecule has 1 heterocycles. The lowest BCUT2D eigenvalue weighted by Gasteiger charge is -2.04. The highest BCUT2D eigenvalue weighted by Crippen LogP contribution is 2.09. The molecule has 0 bridgehead atoms. The molecule has 0 radical (unpaired) electrons. The maximum absolute atomic E-state index is 11.4. The minimum absolute atomic E-state index is 0.181. The number of carbonyl (C=O) groups is 1. The first kappa shape index (κ1) is 11.2. The quantitative estimate of drug-likeness (QED) is 0.581. The summed E-state index contributed by atoms with van der Waals surface area (Å²) in [6, 6.07) is 1.74. The Morgan fingerprint density at radius 3 is 2.93 bits per heavy atom. The van der Waals surface area contributed by atoms with E-state index in [1.54, 1.807) is 19.2 Å². The Balaban J connectivity index is 2.99. The van der Waals surface area contributed by atoms with Crippen molar-refractivity contribution in [3.63, 3.8) is 0 Å². The van der Waals surface area contributed by atoms with Crippen molar-refractivity contribution in [2.45, 2.75) is 13.8 Å². The van der Waals surface area contributed by atoms with E-state index < -0.39 is 5.97 Å². The van der Waals surface area contributed by atoms with E-state index in [2.05, 4.69) is 9.97 Å². The SMILES string of the molecule is CCOC(=O)C(=CN)c1nccc(C)n1. The molecule has 0 aromatic carbocycles. The van der Waals surface area contributed by atoms with Crippen molar-refractivity contribution in [3.8, 4) is 0 Å². The van der Waals surface area contributed by atoms with Crippen molar-refractivity contribution in [2.24, 2.45) is 5.73 Å². The predicted molar refractivity (Wildman–Crippen MR) is 55.6 cm³/mol. The summed E-state index contributed by atoms with van der Waals surface area (Å²) in [5.74, 6) is -0.221. The molecule has 0 aliphatic heterocycles. The molecule has 15 heavy (non-hydrogen) atoms. The van der Waals surface area contributed by atoms with Gasteiger partial charge in [-0.2, -0.15) is 0 Å². The lowest BCUT2D eigenvalue weighted by Crippen LogP contribution is -2.11. The van der Waals surface area contributed by atoms with Crippen molar-refractivity contribution in [1.29, 1.82) is 0 Å². The maximum atomic E-state index is 11.4. The van der Waals surface area contributed by atoms with Gasteiger partial charge in [0.15, 0.2) is 5.82 Å². The molecular weight excluding hydrogens is 194 g/mol. The van der Waals surface area contributed by atoms with Crippen LogP contribution in [0.25, 0.3) is 5.57 Å². The van der Waals surface area contributed by atoms with Crippen molar-refractivity contribution in [3.05, 3.63) is 30.0 Å². The Bertz CT molecular complexity index is 388. The second kappa shape index (κ2) is 5.09. The number of hydrogen-bond donors (Lipinski definition) is 1. The second-order valence-corrected chi connectivity index (χ2v) is 2.82. The molecule has 5 heteroatoms. The number of aromatic nitrogens is 2.